The van der Waals surface area contributed by atoms with Gasteiger partial charge in [0.1, 0.15) is 6.10 Å². The monoisotopic (exact) mass is 190 g/mol. The van der Waals surface area contributed by atoms with Crippen LogP contribution < -0.4 is 0 Å². The standard InChI is InChI=1S/C9H18O4/c1-6(2)7(13-12)8(11)9(3,4)5-10/h7-8,10-12H,1,5H2,2-4H3/t7-,8+/m0/s1. The molecule has 2 atom stereocenters. The fourth-order valence-electron chi connectivity index (χ4n) is 0.920. The molecule has 0 bridgehead atoms. The molecule has 0 aliphatic rings. The molecule has 0 fully saturated rings. The van der Waals surface area contributed by atoms with Crippen LogP contribution in [0.3, 0.4) is 0 Å². The summed E-state index contributed by atoms with van der Waals surface area (Å²) in [6.07, 6.45) is -1.85. The van der Waals surface area contributed by atoms with Gasteiger partial charge in [0, 0.05) is 5.41 Å². The minimum absolute atomic E-state index is 0.193. The topological polar surface area (TPSA) is 69.9 Å². The van der Waals surface area contributed by atoms with Crippen LogP contribution in [0.4, 0.5) is 0 Å². The lowest BCUT2D eigenvalue weighted by Crippen LogP contribution is -2.43. The summed E-state index contributed by atoms with van der Waals surface area (Å²) in [5.74, 6) is 0. The molecule has 0 aliphatic carbocycles. The van der Waals surface area contributed by atoms with Crippen LogP contribution in [0.1, 0.15) is 20.8 Å². The number of hydrogen-bond donors (Lipinski definition) is 3. The molecule has 0 saturated carbocycles. The predicted octanol–water partition coefficient (Wildman–Crippen LogP) is 0.800. The highest BCUT2D eigenvalue weighted by molar-refractivity contribution is 5.04. The van der Waals surface area contributed by atoms with Gasteiger partial charge in [-0.05, 0) is 12.5 Å². The summed E-state index contributed by atoms with van der Waals surface area (Å²) in [4.78, 5) is 4.10. The molecule has 0 aliphatic heterocycles. The summed E-state index contributed by atoms with van der Waals surface area (Å²) < 4.78 is 0. The van der Waals surface area contributed by atoms with E-state index < -0.39 is 17.6 Å². The highest BCUT2D eigenvalue weighted by atomic mass is 17.1. The van der Waals surface area contributed by atoms with E-state index in [0.29, 0.717) is 5.57 Å². The first-order valence-corrected chi connectivity index (χ1v) is 4.11. The van der Waals surface area contributed by atoms with Crippen LogP contribution in [0, 0.1) is 5.41 Å². The van der Waals surface area contributed by atoms with Gasteiger partial charge in [0.25, 0.3) is 0 Å². The summed E-state index contributed by atoms with van der Waals surface area (Å²) in [6.45, 7) is 8.36. The van der Waals surface area contributed by atoms with Crippen molar-refractivity contribution in [3.63, 3.8) is 0 Å². The van der Waals surface area contributed by atoms with Crippen LogP contribution in [-0.2, 0) is 4.89 Å². The Balaban J connectivity index is 4.54. The molecule has 0 spiro atoms. The van der Waals surface area contributed by atoms with E-state index >= 15 is 0 Å². The number of aliphatic hydroxyl groups is 2. The molecule has 4 nitrogen and oxygen atoms in total. The average molecular weight is 190 g/mol. The lowest BCUT2D eigenvalue weighted by atomic mass is 9.83. The van der Waals surface area contributed by atoms with Crippen LogP contribution in [0.15, 0.2) is 12.2 Å². The maximum atomic E-state index is 9.70. The quantitative estimate of drug-likeness (QED) is 0.341. The Morgan fingerprint density at radius 1 is 1.54 bits per heavy atom. The van der Waals surface area contributed by atoms with E-state index in [0.717, 1.165) is 0 Å². The minimum Gasteiger partial charge on any atom is -0.396 e. The van der Waals surface area contributed by atoms with Crippen molar-refractivity contribution in [1.82, 2.24) is 0 Å². The molecule has 3 N–H and O–H groups in total. The SMILES string of the molecule is C=C(C)[C@H](OO)[C@@H](O)C(C)(C)CO. The Kier molecular flexibility index (Phi) is 4.56. The summed E-state index contributed by atoms with van der Waals surface area (Å²) in [7, 11) is 0. The van der Waals surface area contributed by atoms with Crippen molar-refractivity contribution in [3.05, 3.63) is 12.2 Å². The third-order valence-corrected chi connectivity index (χ3v) is 2.09. The average Bonchev–Trinajstić information content (AvgIpc) is 2.05. The Morgan fingerprint density at radius 3 is 2.23 bits per heavy atom. The van der Waals surface area contributed by atoms with Crippen molar-refractivity contribution in [3.8, 4) is 0 Å². The highest BCUT2D eigenvalue weighted by Gasteiger charge is 2.35. The van der Waals surface area contributed by atoms with E-state index in [9.17, 15) is 5.11 Å². The first kappa shape index (κ1) is 12.6. The zero-order valence-electron chi connectivity index (χ0n) is 8.32. The third-order valence-electron chi connectivity index (χ3n) is 2.09. The third kappa shape index (κ3) is 3.08. The van der Waals surface area contributed by atoms with Gasteiger partial charge in [0.15, 0.2) is 0 Å². The summed E-state index contributed by atoms with van der Waals surface area (Å²) in [5, 5.41) is 27.2. The van der Waals surface area contributed by atoms with Crippen molar-refractivity contribution < 1.29 is 20.4 Å². The van der Waals surface area contributed by atoms with E-state index in [1.165, 1.54) is 0 Å². The first-order chi connectivity index (χ1) is 5.86. The molecule has 0 radical (unpaired) electrons. The molecule has 0 aromatic carbocycles. The smallest absolute Gasteiger partial charge is 0.140 e. The zero-order valence-corrected chi connectivity index (χ0v) is 8.32. The normalized spacial score (nSPS) is 16.8. The largest absolute Gasteiger partial charge is 0.396 e. The van der Waals surface area contributed by atoms with Crippen molar-refractivity contribution in [2.45, 2.75) is 33.0 Å². The number of hydrogen-bond acceptors (Lipinski definition) is 4. The fraction of sp³-hybridized carbons (Fsp3) is 0.778. The summed E-state index contributed by atoms with van der Waals surface area (Å²) >= 11 is 0. The van der Waals surface area contributed by atoms with E-state index in [1.54, 1.807) is 20.8 Å². The Bertz CT molecular complexity index is 176. The first-order valence-electron chi connectivity index (χ1n) is 4.11. The molecular formula is C9H18O4. The van der Waals surface area contributed by atoms with Crippen LogP contribution in [0.2, 0.25) is 0 Å². The summed E-state index contributed by atoms with van der Waals surface area (Å²) in [5.41, 5.74) is -0.219. The van der Waals surface area contributed by atoms with Gasteiger partial charge < -0.3 is 10.2 Å². The van der Waals surface area contributed by atoms with Crippen LogP contribution in [-0.4, -0.2) is 34.3 Å². The van der Waals surface area contributed by atoms with E-state index in [1.807, 2.05) is 0 Å². The van der Waals surface area contributed by atoms with Crippen molar-refractivity contribution in [1.29, 1.82) is 0 Å². The molecule has 13 heavy (non-hydrogen) atoms. The van der Waals surface area contributed by atoms with Gasteiger partial charge in [-0.25, -0.2) is 4.89 Å². The maximum Gasteiger partial charge on any atom is 0.140 e. The van der Waals surface area contributed by atoms with Crippen molar-refractivity contribution in [2.75, 3.05) is 6.61 Å². The van der Waals surface area contributed by atoms with Crippen molar-refractivity contribution >= 4 is 0 Å². The molecule has 0 amide bonds. The van der Waals surface area contributed by atoms with E-state index in [4.69, 9.17) is 10.4 Å². The van der Waals surface area contributed by atoms with Crippen LogP contribution in [0.25, 0.3) is 0 Å². The lowest BCUT2D eigenvalue weighted by molar-refractivity contribution is -0.295. The second kappa shape index (κ2) is 4.72. The van der Waals surface area contributed by atoms with Gasteiger partial charge in [-0.15, -0.1) is 0 Å². The Labute approximate surface area is 78.4 Å². The molecule has 4 heteroatoms. The van der Waals surface area contributed by atoms with Gasteiger partial charge in [-0.1, -0.05) is 20.4 Å². The van der Waals surface area contributed by atoms with Gasteiger partial charge in [-0.2, -0.15) is 0 Å². The second-order valence-corrected chi connectivity index (χ2v) is 3.96. The van der Waals surface area contributed by atoms with Gasteiger partial charge in [-0.3, -0.25) is 5.26 Å². The molecule has 0 aromatic rings. The highest BCUT2D eigenvalue weighted by Crippen LogP contribution is 2.25. The minimum atomic E-state index is -0.986. The van der Waals surface area contributed by atoms with Crippen LogP contribution in [0.5, 0.6) is 0 Å². The molecule has 78 valence electrons. The number of aliphatic hydroxyl groups excluding tert-OH is 2. The van der Waals surface area contributed by atoms with Crippen molar-refractivity contribution in [2.24, 2.45) is 5.41 Å². The van der Waals surface area contributed by atoms with Gasteiger partial charge >= 0.3 is 0 Å². The Morgan fingerprint density at radius 2 is 2.00 bits per heavy atom. The maximum absolute atomic E-state index is 9.70. The summed E-state index contributed by atoms with van der Waals surface area (Å²) in [6, 6.07) is 0. The fourth-order valence-corrected chi connectivity index (χ4v) is 0.920. The van der Waals surface area contributed by atoms with Crippen LogP contribution >= 0.6 is 0 Å². The second-order valence-electron chi connectivity index (χ2n) is 3.96. The molecular weight excluding hydrogens is 172 g/mol. The van der Waals surface area contributed by atoms with Gasteiger partial charge in [0.05, 0.1) is 12.7 Å². The zero-order chi connectivity index (χ0) is 10.6. The van der Waals surface area contributed by atoms with E-state index in [2.05, 4.69) is 11.5 Å². The molecule has 0 rings (SSSR count). The van der Waals surface area contributed by atoms with E-state index in [-0.39, 0.29) is 6.61 Å². The Hall–Kier alpha value is -0.420. The van der Waals surface area contributed by atoms with Gasteiger partial charge in [0.2, 0.25) is 0 Å². The lowest BCUT2D eigenvalue weighted by Gasteiger charge is -2.32. The molecule has 0 unspecified atom stereocenters. The predicted molar refractivity (Wildman–Crippen MR) is 49.2 cm³/mol. The molecule has 0 aromatic heterocycles. The molecule has 0 saturated heterocycles. The molecule has 0 heterocycles. The number of rotatable bonds is 5.